The van der Waals surface area contributed by atoms with Crippen LogP contribution in [0.3, 0.4) is 0 Å². The number of aromatic nitrogens is 1. The number of hydrogen-bond donors (Lipinski definition) is 2. The second-order valence-electron chi connectivity index (χ2n) is 3.90. The molecule has 0 unspecified atom stereocenters. The number of aryl methyl sites for hydroxylation is 1. The Kier molecular flexibility index (Phi) is 3.52. The van der Waals surface area contributed by atoms with Gasteiger partial charge in [-0.2, -0.15) is 0 Å². The predicted octanol–water partition coefficient (Wildman–Crippen LogP) is 3.29. The third-order valence-corrected chi connectivity index (χ3v) is 3.73. The summed E-state index contributed by atoms with van der Waals surface area (Å²) < 4.78 is 5.21. The third kappa shape index (κ3) is 1.99. The number of aromatic amines is 1. The lowest BCUT2D eigenvalue weighted by Crippen LogP contribution is -2.03. The van der Waals surface area contributed by atoms with Crippen LogP contribution < -0.4 is 10.5 Å². The summed E-state index contributed by atoms with van der Waals surface area (Å²) in [4.78, 5) is 3.24. The summed E-state index contributed by atoms with van der Waals surface area (Å²) in [6, 6.07) is 1.90. The van der Waals surface area contributed by atoms with Crippen molar-refractivity contribution in [3.8, 4) is 5.75 Å². The van der Waals surface area contributed by atoms with E-state index in [-0.39, 0.29) is 0 Å². The maximum absolute atomic E-state index is 6.22. The highest BCUT2D eigenvalue weighted by Gasteiger charge is 2.16. The molecular formula is C12H14Cl2N2O. The van der Waals surface area contributed by atoms with E-state index in [0.717, 1.165) is 23.0 Å². The average molecular weight is 273 g/mol. The number of halogens is 2. The second kappa shape index (κ2) is 4.77. The van der Waals surface area contributed by atoms with Crippen LogP contribution in [0.25, 0.3) is 10.9 Å². The highest BCUT2D eigenvalue weighted by molar-refractivity contribution is 6.46. The molecule has 2 rings (SSSR count). The number of rotatable bonds is 3. The summed E-state index contributed by atoms with van der Waals surface area (Å²) in [6.45, 7) is 2.60. The van der Waals surface area contributed by atoms with Crippen molar-refractivity contribution in [2.45, 2.75) is 13.3 Å². The predicted molar refractivity (Wildman–Crippen MR) is 72.4 cm³/mol. The van der Waals surface area contributed by atoms with Crippen molar-refractivity contribution in [3.05, 3.63) is 27.4 Å². The van der Waals surface area contributed by atoms with Crippen molar-refractivity contribution < 1.29 is 4.74 Å². The Bertz CT molecular complexity index is 563. The van der Waals surface area contributed by atoms with Crippen LogP contribution in [0.4, 0.5) is 0 Å². The third-order valence-electron chi connectivity index (χ3n) is 2.88. The van der Waals surface area contributed by atoms with Crippen molar-refractivity contribution in [2.75, 3.05) is 13.7 Å². The molecule has 0 saturated carbocycles. The number of benzene rings is 1. The number of methoxy groups -OCH3 is 1. The Morgan fingerprint density at radius 3 is 2.65 bits per heavy atom. The largest absolute Gasteiger partial charge is 0.495 e. The van der Waals surface area contributed by atoms with E-state index in [9.17, 15) is 0 Å². The number of ether oxygens (including phenoxy) is 1. The quantitative estimate of drug-likeness (QED) is 0.901. The van der Waals surface area contributed by atoms with Crippen molar-refractivity contribution in [1.29, 1.82) is 0 Å². The molecule has 0 radical (unpaired) electrons. The topological polar surface area (TPSA) is 51.0 Å². The molecule has 0 amide bonds. The van der Waals surface area contributed by atoms with Gasteiger partial charge in [0.05, 0.1) is 17.6 Å². The highest BCUT2D eigenvalue weighted by Crippen LogP contribution is 2.40. The van der Waals surface area contributed by atoms with Crippen LogP contribution in [0.5, 0.6) is 5.75 Å². The lowest BCUT2D eigenvalue weighted by atomic mass is 10.1. The summed E-state index contributed by atoms with van der Waals surface area (Å²) >= 11 is 12.3. The zero-order chi connectivity index (χ0) is 12.6. The maximum atomic E-state index is 6.22. The summed E-state index contributed by atoms with van der Waals surface area (Å²) in [5.74, 6) is 0.585. The van der Waals surface area contributed by atoms with Gasteiger partial charge in [0.15, 0.2) is 0 Å². The van der Waals surface area contributed by atoms with Crippen molar-refractivity contribution >= 4 is 34.1 Å². The zero-order valence-electron chi connectivity index (χ0n) is 9.73. The molecule has 3 nitrogen and oxygen atoms in total. The van der Waals surface area contributed by atoms with Crippen LogP contribution in [0.1, 0.15) is 11.3 Å². The highest BCUT2D eigenvalue weighted by atomic mass is 35.5. The minimum absolute atomic E-state index is 0.433. The summed E-state index contributed by atoms with van der Waals surface area (Å²) in [5.41, 5.74) is 8.69. The molecule has 0 aliphatic carbocycles. The van der Waals surface area contributed by atoms with E-state index < -0.39 is 0 Å². The Morgan fingerprint density at radius 1 is 1.35 bits per heavy atom. The molecule has 1 aromatic carbocycles. The van der Waals surface area contributed by atoms with E-state index in [4.69, 9.17) is 33.7 Å². The molecule has 92 valence electrons. The molecule has 0 bridgehead atoms. The summed E-state index contributed by atoms with van der Waals surface area (Å²) in [5, 5.41) is 1.95. The number of H-pyrrole nitrogens is 1. The minimum atomic E-state index is 0.433. The fourth-order valence-electron chi connectivity index (χ4n) is 2.04. The lowest BCUT2D eigenvalue weighted by Gasteiger charge is -2.06. The van der Waals surface area contributed by atoms with Gasteiger partial charge in [0.2, 0.25) is 0 Å². The molecule has 5 heteroatoms. The van der Waals surface area contributed by atoms with E-state index in [1.54, 1.807) is 7.11 Å². The van der Waals surface area contributed by atoms with E-state index in [1.165, 1.54) is 5.56 Å². The monoisotopic (exact) mass is 272 g/mol. The van der Waals surface area contributed by atoms with Gasteiger partial charge in [-0.05, 0) is 31.5 Å². The molecule has 1 aromatic heterocycles. The first-order chi connectivity index (χ1) is 8.10. The van der Waals surface area contributed by atoms with Crippen LogP contribution in [-0.2, 0) is 6.42 Å². The Morgan fingerprint density at radius 2 is 2.06 bits per heavy atom. The molecule has 2 aromatic rings. The van der Waals surface area contributed by atoms with Gasteiger partial charge < -0.3 is 15.5 Å². The van der Waals surface area contributed by atoms with E-state index in [0.29, 0.717) is 22.3 Å². The molecule has 3 N–H and O–H groups in total. The summed E-state index contributed by atoms with van der Waals surface area (Å²) in [6.07, 6.45) is 0.799. The van der Waals surface area contributed by atoms with Gasteiger partial charge in [0, 0.05) is 11.1 Å². The zero-order valence-corrected chi connectivity index (χ0v) is 11.2. The smallest absolute Gasteiger partial charge is 0.139 e. The Balaban J connectivity index is 2.78. The number of hydrogen-bond acceptors (Lipinski definition) is 2. The van der Waals surface area contributed by atoms with Crippen molar-refractivity contribution in [1.82, 2.24) is 4.98 Å². The van der Waals surface area contributed by atoms with Gasteiger partial charge >= 0.3 is 0 Å². The number of nitrogens with two attached hydrogens (primary N) is 1. The van der Waals surface area contributed by atoms with Gasteiger partial charge in [-0.1, -0.05) is 23.2 Å². The Labute approximate surface area is 110 Å². The van der Waals surface area contributed by atoms with Crippen LogP contribution in [0.2, 0.25) is 10.0 Å². The van der Waals surface area contributed by atoms with Crippen LogP contribution in [0.15, 0.2) is 6.07 Å². The van der Waals surface area contributed by atoms with Crippen molar-refractivity contribution in [3.63, 3.8) is 0 Å². The molecule has 0 fully saturated rings. The normalized spacial score (nSPS) is 11.1. The maximum Gasteiger partial charge on any atom is 0.139 e. The van der Waals surface area contributed by atoms with E-state index in [1.807, 2.05) is 13.0 Å². The Hall–Kier alpha value is -0.900. The van der Waals surface area contributed by atoms with Crippen LogP contribution in [-0.4, -0.2) is 18.6 Å². The first kappa shape index (κ1) is 12.6. The average Bonchev–Trinajstić information content (AvgIpc) is 2.62. The molecule has 0 saturated heterocycles. The molecule has 0 spiro atoms. The van der Waals surface area contributed by atoms with Crippen LogP contribution in [0, 0.1) is 6.92 Å². The number of fused-ring (bicyclic) bond motifs is 1. The van der Waals surface area contributed by atoms with Gasteiger partial charge in [0.1, 0.15) is 10.8 Å². The molecular weight excluding hydrogens is 259 g/mol. The fraction of sp³-hybridized carbons (Fsp3) is 0.333. The standard InChI is InChI=1S/C12H14Cl2N2O/c1-6-7(3-4-15)8-5-9(17-2)10(13)11(14)12(8)16-6/h5,16H,3-4,15H2,1-2H3. The minimum Gasteiger partial charge on any atom is -0.495 e. The lowest BCUT2D eigenvalue weighted by molar-refractivity contribution is 0.415. The van der Waals surface area contributed by atoms with E-state index in [2.05, 4.69) is 4.98 Å². The number of nitrogens with one attached hydrogen (secondary N) is 1. The molecule has 17 heavy (non-hydrogen) atoms. The molecule has 0 aliphatic rings. The molecule has 0 aliphatic heterocycles. The van der Waals surface area contributed by atoms with Gasteiger partial charge in [-0.25, -0.2) is 0 Å². The van der Waals surface area contributed by atoms with Gasteiger partial charge in [-0.3, -0.25) is 0 Å². The fourth-order valence-corrected chi connectivity index (χ4v) is 2.51. The van der Waals surface area contributed by atoms with Gasteiger partial charge in [-0.15, -0.1) is 0 Å². The first-order valence-corrected chi connectivity index (χ1v) is 6.09. The summed E-state index contributed by atoms with van der Waals surface area (Å²) in [7, 11) is 1.57. The molecule has 1 heterocycles. The van der Waals surface area contributed by atoms with E-state index >= 15 is 0 Å². The van der Waals surface area contributed by atoms with Gasteiger partial charge in [0.25, 0.3) is 0 Å². The van der Waals surface area contributed by atoms with Crippen molar-refractivity contribution in [2.24, 2.45) is 5.73 Å². The van der Waals surface area contributed by atoms with Crippen LogP contribution >= 0.6 is 23.2 Å². The second-order valence-corrected chi connectivity index (χ2v) is 4.65. The molecule has 0 atom stereocenters. The first-order valence-electron chi connectivity index (χ1n) is 5.33. The SMILES string of the molecule is COc1cc2c(CCN)c(C)[nH]c2c(Cl)c1Cl.